The molecule has 4 atom stereocenters. The molecule has 2 aromatic rings. The quantitative estimate of drug-likeness (QED) is 0.176. The van der Waals surface area contributed by atoms with Crippen molar-refractivity contribution in [3.63, 3.8) is 0 Å². The molecule has 1 aromatic heterocycles. The summed E-state index contributed by atoms with van der Waals surface area (Å²) >= 11 is 6.25. The fraction of sp³-hybridized carbons (Fsp3) is 0.709. The number of hydrogen-bond acceptors (Lipinski definition) is 10. The van der Waals surface area contributed by atoms with E-state index in [9.17, 15) is 32.4 Å². The molecule has 0 saturated carbocycles. The summed E-state index contributed by atoms with van der Waals surface area (Å²) in [6.45, 7) is 17.2. The van der Waals surface area contributed by atoms with Crippen LogP contribution in [0.5, 0.6) is 0 Å². The number of pyridine rings is 1. The Hall–Kier alpha value is -4.08. The molecule has 7 heterocycles. The van der Waals surface area contributed by atoms with Crippen LogP contribution in [0.4, 0.5) is 5.69 Å². The minimum atomic E-state index is -3.49. The van der Waals surface area contributed by atoms with Crippen LogP contribution in [0.3, 0.4) is 0 Å². The highest BCUT2D eigenvalue weighted by Gasteiger charge is 2.50. The molecule has 6 aliphatic heterocycles. The molecule has 1 unspecified atom stereocenters. The van der Waals surface area contributed by atoms with Gasteiger partial charge in [-0.25, -0.2) is 8.42 Å². The van der Waals surface area contributed by atoms with Gasteiger partial charge in [0.25, 0.3) is 0 Å². The van der Waals surface area contributed by atoms with Crippen molar-refractivity contribution < 1.29 is 32.4 Å². The maximum absolute atomic E-state index is 14.8. The number of carbonyl (C=O) groups is 5. The molecule has 0 spiro atoms. The van der Waals surface area contributed by atoms with Crippen LogP contribution in [0.1, 0.15) is 148 Å². The molecule has 0 radical (unpaired) electrons. The van der Waals surface area contributed by atoms with E-state index in [1.165, 1.54) is 19.3 Å². The Morgan fingerprint density at radius 3 is 2.01 bits per heavy atom. The summed E-state index contributed by atoms with van der Waals surface area (Å²) in [4.78, 5) is 82.1. The number of sulfone groups is 1. The van der Waals surface area contributed by atoms with Crippen molar-refractivity contribution in [2.75, 3.05) is 69.6 Å². The number of rotatable bonds is 15. The van der Waals surface area contributed by atoms with Gasteiger partial charge in [0.2, 0.25) is 29.5 Å². The van der Waals surface area contributed by atoms with Gasteiger partial charge in [0.1, 0.15) is 0 Å². The fourth-order valence-electron chi connectivity index (χ4n) is 12.6. The third-order valence-electron chi connectivity index (χ3n) is 17.5. The molecule has 6 aliphatic rings. The van der Waals surface area contributed by atoms with Gasteiger partial charge in [-0.1, -0.05) is 44.5 Å². The van der Waals surface area contributed by atoms with E-state index in [4.69, 9.17) is 11.6 Å². The second kappa shape index (κ2) is 23.0. The molecule has 1 aromatic carbocycles. The highest BCUT2D eigenvalue weighted by atomic mass is 35.5. The number of nitrogens with zero attached hydrogens (tertiary/aromatic N) is 6. The van der Waals surface area contributed by atoms with Crippen LogP contribution >= 0.6 is 11.6 Å². The average Bonchev–Trinajstić information content (AvgIpc) is 3.35. The predicted octanol–water partition coefficient (Wildman–Crippen LogP) is 7.66. The van der Waals surface area contributed by atoms with Crippen molar-refractivity contribution >= 4 is 56.7 Å². The van der Waals surface area contributed by atoms with Crippen molar-refractivity contribution in [1.82, 2.24) is 29.9 Å². The average molecular weight is 1020 g/mol. The Kier molecular flexibility index (Phi) is 17.2. The number of benzene rings is 1. The van der Waals surface area contributed by atoms with Gasteiger partial charge in [-0.3, -0.25) is 34.3 Å². The molecule has 16 heteroatoms. The number of anilines is 1. The SMILES string of the molecule is CC(C)[C@@H](CS(=O)(=O)C(C)C)N1C(=O)[C@@](C)(CC(=O)N2CCC(C(=O)N3CCC(CC4CCN(CC5CCN(c6cncc(C7CCC(=O)NC7=O)c6)CC5)CC4)CC3)CC2)CC[C@H]1c1ccc(Cl)cc1. The maximum Gasteiger partial charge on any atom is 0.234 e. The number of hydrogen-bond donors (Lipinski definition) is 1. The number of likely N-dealkylation sites (tertiary alicyclic amines) is 4. The first-order chi connectivity index (χ1) is 33.9. The van der Waals surface area contributed by atoms with E-state index < -0.39 is 26.5 Å². The summed E-state index contributed by atoms with van der Waals surface area (Å²) in [6, 6.07) is 8.63. The predicted molar refractivity (Wildman–Crippen MR) is 277 cm³/mol. The first-order valence-corrected chi connectivity index (χ1v) is 29.1. The number of carbonyl (C=O) groups excluding carboxylic acids is 5. The van der Waals surface area contributed by atoms with Gasteiger partial charge in [0.15, 0.2) is 9.84 Å². The van der Waals surface area contributed by atoms with Crippen molar-refractivity contribution in [3.8, 4) is 0 Å². The van der Waals surface area contributed by atoms with Crippen molar-refractivity contribution in [3.05, 3.63) is 58.9 Å². The Morgan fingerprint density at radius 2 is 1.39 bits per heavy atom. The zero-order valence-corrected chi connectivity index (χ0v) is 44.6. The van der Waals surface area contributed by atoms with E-state index in [0.717, 1.165) is 94.2 Å². The Morgan fingerprint density at radius 1 is 0.775 bits per heavy atom. The van der Waals surface area contributed by atoms with E-state index >= 15 is 0 Å². The molecule has 71 heavy (non-hydrogen) atoms. The lowest BCUT2D eigenvalue weighted by Gasteiger charge is -2.49. The number of halogens is 1. The van der Waals surface area contributed by atoms with Crippen LogP contribution in [0.25, 0.3) is 0 Å². The zero-order valence-electron chi connectivity index (χ0n) is 43.0. The van der Waals surface area contributed by atoms with Crippen LogP contribution in [0, 0.1) is 35.0 Å². The molecule has 390 valence electrons. The van der Waals surface area contributed by atoms with E-state index in [1.807, 2.05) is 44.0 Å². The monoisotopic (exact) mass is 1020 g/mol. The van der Waals surface area contributed by atoms with Crippen LogP contribution < -0.4 is 10.2 Å². The molecule has 5 amide bonds. The standard InChI is InChI=1S/C55H80ClN7O7S/c1-37(2)49(36-71(69,70)38(3)4)63-48(42-6-8-45(56)9-7-42)12-21-55(5,54(63)68)32-51(65)61-28-19-43(20-29-61)53(67)62-26-15-40(16-27-62)30-39-13-22-59(23-14-39)35-41-17-24-60(25-18-41)46-31-44(33-57-34-46)47-10-11-50(64)58-52(47)66/h6-9,31,33-34,37-41,43,47-49H,10-30,32,35-36H2,1-5H3,(H,58,64,66)/t47?,48-,49+,55+/m0/s1. The molecule has 0 aliphatic carbocycles. The van der Waals surface area contributed by atoms with Crippen molar-refractivity contribution in [2.24, 2.45) is 35.0 Å². The van der Waals surface area contributed by atoms with Crippen LogP contribution in [0.2, 0.25) is 5.02 Å². The largest absolute Gasteiger partial charge is 0.370 e. The van der Waals surface area contributed by atoms with E-state index in [-0.39, 0.29) is 65.5 Å². The van der Waals surface area contributed by atoms with Gasteiger partial charge >= 0.3 is 0 Å². The van der Waals surface area contributed by atoms with Gasteiger partial charge in [0.05, 0.1) is 40.3 Å². The molecule has 0 bridgehead atoms. The first kappa shape index (κ1) is 53.2. The summed E-state index contributed by atoms with van der Waals surface area (Å²) in [6.07, 6.45) is 15.1. The van der Waals surface area contributed by atoms with Crippen molar-refractivity contribution in [2.45, 2.75) is 148 Å². The lowest BCUT2D eigenvalue weighted by Crippen LogP contribution is -2.57. The second-order valence-corrected chi connectivity index (χ2v) is 26.1. The van der Waals surface area contributed by atoms with Crippen molar-refractivity contribution in [1.29, 1.82) is 0 Å². The highest BCUT2D eigenvalue weighted by Crippen LogP contribution is 2.46. The first-order valence-electron chi connectivity index (χ1n) is 27.0. The lowest BCUT2D eigenvalue weighted by molar-refractivity contribution is -0.158. The molecule has 6 saturated heterocycles. The molecular weight excluding hydrogens is 938 g/mol. The van der Waals surface area contributed by atoms with Gasteiger partial charge in [-0.2, -0.15) is 0 Å². The maximum atomic E-state index is 14.8. The van der Waals surface area contributed by atoms with Gasteiger partial charge in [-0.15, -0.1) is 0 Å². The fourth-order valence-corrected chi connectivity index (χ4v) is 14.2. The van der Waals surface area contributed by atoms with Gasteiger partial charge < -0.3 is 24.5 Å². The highest BCUT2D eigenvalue weighted by molar-refractivity contribution is 7.92. The molecule has 8 rings (SSSR count). The minimum Gasteiger partial charge on any atom is -0.370 e. The Bertz CT molecular complexity index is 2320. The lowest BCUT2D eigenvalue weighted by atomic mass is 9.73. The Balaban J connectivity index is 0.747. The zero-order chi connectivity index (χ0) is 50.6. The third-order valence-corrected chi connectivity index (χ3v) is 20.0. The van der Waals surface area contributed by atoms with Gasteiger partial charge in [-0.05, 0) is 157 Å². The summed E-state index contributed by atoms with van der Waals surface area (Å²) in [5, 5.41) is 2.48. The second-order valence-electron chi connectivity index (χ2n) is 23.1. The summed E-state index contributed by atoms with van der Waals surface area (Å²) in [5.74, 6) is 0.926. The van der Waals surface area contributed by atoms with E-state index in [0.29, 0.717) is 68.5 Å². The van der Waals surface area contributed by atoms with E-state index in [1.54, 1.807) is 37.1 Å². The van der Waals surface area contributed by atoms with Crippen LogP contribution in [-0.2, 0) is 33.8 Å². The summed E-state index contributed by atoms with van der Waals surface area (Å²) in [5.41, 5.74) is 1.87. The smallest absolute Gasteiger partial charge is 0.234 e. The number of nitrogens with one attached hydrogen (secondary N) is 1. The third kappa shape index (κ3) is 12.8. The van der Waals surface area contributed by atoms with Crippen LogP contribution in [-0.4, -0.2) is 138 Å². The molecule has 14 nitrogen and oxygen atoms in total. The molecule has 6 fully saturated rings. The van der Waals surface area contributed by atoms with Crippen LogP contribution in [0.15, 0.2) is 42.7 Å². The van der Waals surface area contributed by atoms with E-state index in [2.05, 4.69) is 31.1 Å². The normalized spacial score (nSPS) is 25.8. The Labute approximate surface area is 428 Å². The summed E-state index contributed by atoms with van der Waals surface area (Å²) in [7, 11) is -3.49. The summed E-state index contributed by atoms with van der Waals surface area (Å²) < 4.78 is 26.7. The van der Waals surface area contributed by atoms with Gasteiger partial charge in [0, 0.05) is 81.8 Å². The molecule has 1 N–H and O–H groups in total. The number of imide groups is 1. The number of amides is 5. The topological polar surface area (TPSA) is 161 Å². The number of piperidine rings is 6. The number of aromatic nitrogens is 1. The molecular formula is C55H80ClN7O7S. The minimum absolute atomic E-state index is 0.0498.